The Morgan fingerprint density at radius 3 is 1.74 bits per heavy atom. The highest BCUT2D eigenvalue weighted by Crippen LogP contribution is 2.32. The molecule has 0 saturated carbocycles. The van der Waals surface area contributed by atoms with Crippen molar-refractivity contribution in [1.82, 2.24) is 0 Å². The average Bonchev–Trinajstić information content (AvgIpc) is 2.58. The van der Waals surface area contributed by atoms with Crippen LogP contribution in [0.5, 0.6) is 17.2 Å². The molecule has 0 fully saturated rings. The molecule has 0 bridgehead atoms. The Labute approximate surface area is 135 Å². The zero-order valence-electron chi connectivity index (χ0n) is 12.9. The van der Waals surface area contributed by atoms with E-state index in [1.807, 2.05) is 55.5 Å². The predicted octanol–water partition coefficient (Wildman–Crippen LogP) is 4.83. The largest absolute Gasteiger partial charge is 0.508 e. The van der Waals surface area contributed by atoms with Gasteiger partial charge in [-0.25, -0.2) is 0 Å². The number of aromatic hydroxyl groups is 2. The van der Waals surface area contributed by atoms with E-state index in [-0.39, 0.29) is 11.5 Å². The Morgan fingerprint density at radius 1 is 0.696 bits per heavy atom. The monoisotopic (exact) mass is 306 g/mol. The lowest BCUT2D eigenvalue weighted by molar-refractivity contribution is 0.318. The Bertz CT molecular complexity index is 790. The summed E-state index contributed by atoms with van der Waals surface area (Å²) in [6.45, 7) is 2.40. The maximum absolute atomic E-state index is 9.78. The lowest BCUT2D eigenvalue weighted by atomic mass is 10.00. The summed E-state index contributed by atoms with van der Waals surface area (Å²) in [4.78, 5) is 0. The fourth-order valence-corrected chi connectivity index (χ4v) is 2.47. The summed E-state index contributed by atoms with van der Waals surface area (Å²) in [6, 6.07) is 20.6. The van der Waals surface area contributed by atoms with E-state index in [4.69, 9.17) is 4.74 Å². The van der Waals surface area contributed by atoms with Crippen molar-refractivity contribution in [2.24, 2.45) is 0 Å². The van der Waals surface area contributed by atoms with Crippen LogP contribution in [0.2, 0.25) is 0 Å². The molecule has 0 aromatic heterocycles. The van der Waals surface area contributed by atoms with Crippen LogP contribution in [-0.4, -0.2) is 16.8 Å². The molecule has 3 aromatic carbocycles. The first-order chi connectivity index (χ1) is 11.2. The SMILES string of the molecule is CCOc1cc(-c2ccc(-c3ccc(O)cc3)cc2)ccc1O. The van der Waals surface area contributed by atoms with E-state index in [2.05, 4.69) is 0 Å². The van der Waals surface area contributed by atoms with Crippen LogP contribution in [0.25, 0.3) is 22.3 Å². The van der Waals surface area contributed by atoms with Gasteiger partial charge < -0.3 is 14.9 Å². The first kappa shape index (κ1) is 15.0. The highest BCUT2D eigenvalue weighted by atomic mass is 16.5. The van der Waals surface area contributed by atoms with Crippen molar-refractivity contribution in [1.29, 1.82) is 0 Å². The fraction of sp³-hybridized carbons (Fsp3) is 0.100. The van der Waals surface area contributed by atoms with Crippen LogP contribution < -0.4 is 4.74 Å². The van der Waals surface area contributed by atoms with Crippen molar-refractivity contribution < 1.29 is 14.9 Å². The van der Waals surface area contributed by atoms with Gasteiger partial charge >= 0.3 is 0 Å². The molecule has 0 atom stereocenters. The predicted molar refractivity (Wildman–Crippen MR) is 91.8 cm³/mol. The van der Waals surface area contributed by atoms with Gasteiger partial charge in [0.1, 0.15) is 5.75 Å². The molecule has 0 aliphatic heterocycles. The van der Waals surface area contributed by atoms with E-state index in [0.29, 0.717) is 12.4 Å². The van der Waals surface area contributed by atoms with Crippen LogP contribution in [0.3, 0.4) is 0 Å². The molecule has 3 aromatic rings. The zero-order valence-corrected chi connectivity index (χ0v) is 12.9. The van der Waals surface area contributed by atoms with Crippen molar-refractivity contribution in [3.05, 3.63) is 66.7 Å². The first-order valence-electron chi connectivity index (χ1n) is 7.53. The van der Waals surface area contributed by atoms with Crippen molar-refractivity contribution in [2.45, 2.75) is 6.92 Å². The van der Waals surface area contributed by atoms with Gasteiger partial charge in [0, 0.05) is 0 Å². The maximum Gasteiger partial charge on any atom is 0.161 e. The van der Waals surface area contributed by atoms with Crippen molar-refractivity contribution >= 4 is 0 Å². The summed E-state index contributed by atoms with van der Waals surface area (Å²) >= 11 is 0. The summed E-state index contributed by atoms with van der Waals surface area (Å²) in [6.07, 6.45) is 0. The molecule has 0 spiro atoms. The quantitative estimate of drug-likeness (QED) is 0.726. The summed E-state index contributed by atoms with van der Waals surface area (Å²) in [5, 5.41) is 19.1. The zero-order chi connectivity index (χ0) is 16.2. The minimum atomic E-state index is 0.149. The van der Waals surface area contributed by atoms with Gasteiger partial charge in [0.05, 0.1) is 6.61 Å². The van der Waals surface area contributed by atoms with Crippen molar-refractivity contribution in [3.63, 3.8) is 0 Å². The van der Waals surface area contributed by atoms with E-state index >= 15 is 0 Å². The molecule has 0 saturated heterocycles. The standard InChI is InChI=1S/C20H18O3/c1-2-23-20-13-17(9-12-19(20)22)16-5-3-14(4-6-16)15-7-10-18(21)11-8-15/h3-13,21-22H,2H2,1H3. The minimum absolute atomic E-state index is 0.149. The van der Waals surface area contributed by atoms with Crippen molar-refractivity contribution in [2.75, 3.05) is 6.61 Å². The van der Waals surface area contributed by atoms with E-state index in [9.17, 15) is 10.2 Å². The van der Waals surface area contributed by atoms with Gasteiger partial charge in [-0.15, -0.1) is 0 Å². The highest BCUT2D eigenvalue weighted by Gasteiger charge is 2.06. The van der Waals surface area contributed by atoms with Crippen LogP contribution >= 0.6 is 0 Å². The second kappa shape index (κ2) is 6.44. The molecule has 3 rings (SSSR count). The molecular formula is C20H18O3. The Balaban J connectivity index is 1.90. The summed E-state index contributed by atoms with van der Waals surface area (Å²) in [5.74, 6) is 0.904. The molecule has 3 heteroatoms. The molecule has 116 valence electrons. The van der Waals surface area contributed by atoms with E-state index in [1.165, 1.54) is 0 Å². The van der Waals surface area contributed by atoms with Crippen molar-refractivity contribution in [3.8, 4) is 39.5 Å². The third-order valence-corrected chi connectivity index (χ3v) is 3.68. The molecule has 0 heterocycles. The molecule has 0 unspecified atom stereocenters. The normalized spacial score (nSPS) is 10.5. The topological polar surface area (TPSA) is 49.7 Å². The maximum atomic E-state index is 9.78. The third-order valence-electron chi connectivity index (χ3n) is 3.68. The van der Waals surface area contributed by atoms with Gasteiger partial charge in [-0.1, -0.05) is 42.5 Å². The number of phenolic OH excluding ortho intramolecular Hbond substituents is 2. The number of hydrogen-bond acceptors (Lipinski definition) is 3. The average molecular weight is 306 g/mol. The smallest absolute Gasteiger partial charge is 0.161 e. The molecule has 23 heavy (non-hydrogen) atoms. The second-order valence-corrected chi connectivity index (χ2v) is 5.24. The van der Waals surface area contributed by atoms with E-state index in [1.54, 1.807) is 18.2 Å². The molecule has 2 N–H and O–H groups in total. The molecule has 3 nitrogen and oxygen atoms in total. The molecular weight excluding hydrogens is 288 g/mol. The number of hydrogen-bond donors (Lipinski definition) is 2. The summed E-state index contributed by atoms with van der Waals surface area (Å²) in [7, 11) is 0. The highest BCUT2D eigenvalue weighted by molar-refractivity contribution is 5.72. The Hall–Kier alpha value is -2.94. The summed E-state index contributed by atoms with van der Waals surface area (Å²) in [5.41, 5.74) is 4.17. The lowest BCUT2D eigenvalue weighted by Gasteiger charge is -2.09. The minimum Gasteiger partial charge on any atom is -0.508 e. The van der Waals surface area contributed by atoms with Crippen LogP contribution in [0, 0.1) is 0 Å². The van der Waals surface area contributed by atoms with Gasteiger partial charge in [-0.2, -0.15) is 0 Å². The van der Waals surface area contributed by atoms with Gasteiger partial charge in [0.15, 0.2) is 11.5 Å². The van der Waals surface area contributed by atoms with Gasteiger partial charge in [0.2, 0.25) is 0 Å². The van der Waals surface area contributed by atoms with Gasteiger partial charge in [-0.05, 0) is 53.4 Å². The van der Waals surface area contributed by atoms with Gasteiger partial charge in [0.25, 0.3) is 0 Å². The van der Waals surface area contributed by atoms with Gasteiger partial charge in [-0.3, -0.25) is 0 Å². The second-order valence-electron chi connectivity index (χ2n) is 5.24. The summed E-state index contributed by atoms with van der Waals surface area (Å²) < 4.78 is 5.43. The lowest BCUT2D eigenvalue weighted by Crippen LogP contribution is -1.92. The van der Waals surface area contributed by atoms with E-state index < -0.39 is 0 Å². The van der Waals surface area contributed by atoms with Crippen LogP contribution in [0.1, 0.15) is 6.92 Å². The fourth-order valence-electron chi connectivity index (χ4n) is 2.47. The molecule has 0 aliphatic rings. The number of rotatable bonds is 4. The molecule has 0 amide bonds. The molecule has 0 radical (unpaired) electrons. The van der Waals surface area contributed by atoms with Crippen LogP contribution in [-0.2, 0) is 0 Å². The molecule has 0 aliphatic carbocycles. The Morgan fingerprint density at radius 2 is 1.17 bits per heavy atom. The number of phenols is 2. The number of ether oxygens (including phenoxy) is 1. The van der Waals surface area contributed by atoms with E-state index in [0.717, 1.165) is 22.3 Å². The van der Waals surface area contributed by atoms with Crippen LogP contribution in [0.4, 0.5) is 0 Å². The third kappa shape index (κ3) is 3.29. The Kier molecular flexibility index (Phi) is 4.20. The van der Waals surface area contributed by atoms with Crippen LogP contribution in [0.15, 0.2) is 66.7 Å². The number of benzene rings is 3. The first-order valence-corrected chi connectivity index (χ1v) is 7.53.